The predicted molar refractivity (Wildman–Crippen MR) is 44.4 cm³/mol. The number of hydrogen-bond acceptors (Lipinski definition) is 5. The van der Waals surface area contributed by atoms with E-state index in [1.807, 2.05) is 0 Å². The van der Waals surface area contributed by atoms with Crippen LogP contribution in [0.4, 0.5) is 5.95 Å². The van der Waals surface area contributed by atoms with Crippen molar-refractivity contribution in [3.8, 4) is 0 Å². The fourth-order valence-electron chi connectivity index (χ4n) is 1.06. The highest BCUT2D eigenvalue weighted by Crippen LogP contribution is 2.12. The van der Waals surface area contributed by atoms with E-state index in [1.165, 1.54) is 4.68 Å². The molecular weight excluding hydrogens is 212 g/mol. The number of sulfonamides is 1. The molecule has 8 nitrogen and oxygen atoms in total. The van der Waals surface area contributed by atoms with Crippen LogP contribution < -0.4 is 4.72 Å². The molecule has 1 aromatic rings. The summed E-state index contributed by atoms with van der Waals surface area (Å²) in [6, 6.07) is 0. The molecule has 14 heavy (non-hydrogen) atoms. The van der Waals surface area contributed by atoms with Crippen LogP contribution in [0.5, 0.6) is 0 Å². The van der Waals surface area contributed by atoms with Gasteiger partial charge in [0.05, 0.1) is 12.3 Å². The Morgan fingerprint density at radius 3 is 2.93 bits per heavy atom. The maximum absolute atomic E-state index is 11.1. The van der Waals surface area contributed by atoms with Crippen LogP contribution in [0.2, 0.25) is 0 Å². The quantitative estimate of drug-likeness (QED) is 0.607. The van der Waals surface area contributed by atoms with Crippen molar-refractivity contribution < 1.29 is 18.3 Å². The van der Waals surface area contributed by atoms with Gasteiger partial charge in [-0.2, -0.15) is 4.98 Å². The van der Waals surface area contributed by atoms with Crippen LogP contribution in [-0.2, 0) is 16.6 Å². The second-order valence-corrected chi connectivity index (χ2v) is 4.55. The van der Waals surface area contributed by atoms with Crippen LogP contribution in [0.1, 0.15) is 10.6 Å². The number of carboxylic acid groups (broad SMARTS) is 1. The molecule has 1 aliphatic heterocycles. The third-order valence-electron chi connectivity index (χ3n) is 1.68. The molecule has 1 aromatic heterocycles. The lowest BCUT2D eigenvalue weighted by atomic mass is 10.6. The number of aromatic carboxylic acids is 1. The Bertz CT molecular complexity index is 490. The third kappa shape index (κ3) is 1.41. The van der Waals surface area contributed by atoms with E-state index in [2.05, 4.69) is 14.8 Å². The first-order chi connectivity index (χ1) is 6.48. The number of carbonyl (C=O) groups is 1. The van der Waals surface area contributed by atoms with E-state index in [1.54, 1.807) is 0 Å². The summed E-state index contributed by atoms with van der Waals surface area (Å²) in [6.45, 7) is 0.116. The van der Waals surface area contributed by atoms with Gasteiger partial charge in [0.1, 0.15) is 0 Å². The largest absolute Gasteiger partial charge is 0.475 e. The lowest BCUT2D eigenvalue weighted by Gasteiger charge is -2.13. The van der Waals surface area contributed by atoms with Gasteiger partial charge in [-0.05, 0) is 0 Å². The van der Waals surface area contributed by atoms with Crippen molar-refractivity contribution in [2.24, 2.45) is 0 Å². The summed E-state index contributed by atoms with van der Waals surface area (Å²) in [4.78, 5) is 14.0. The Kier molecular flexibility index (Phi) is 1.71. The maximum atomic E-state index is 11.1. The van der Waals surface area contributed by atoms with Gasteiger partial charge in [-0.1, -0.05) is 0 Å². The molecule has 0 unspecified atom stereocenters. The molecule has 1 aliphatic rings. The average Bonchev–Trinajstić information content (AvgIpc) is 2.45. The first-order valence-corrected chi connectivity index (χ1v) is 5.32. The summed E-state index contributed by atoms with van der Waals surface area (Å²) in [7, 11) is -3.37. The van der Waals surface area contributed by atoms with Crippen LogP contribution in [0.3, 0.4) is 0 Å². The Balaban J connectivity index is 2.44. The molecule has 2 N–H and O–H groups in total. The summed E-state index contributed by atoms with van der Waals surface area (Å²) >= 11 is 0. The minimum atomic E-state index is -3.37. The number of nitrogens with one attached hydrogen (secondary N) is 1. The van der Waals surface area contributed by atoms with Crippen molar-refractivity contribution in [3.63, 3.8) is 0 Å². The zero-order valence-corrected chi connectivity index (χ0v) is 7.65. The maximum Gasteiger partial charge on any atom is 0.375 e. The van der Waals surface area contributed by atoms with Gasteiger partial charge in [-0.15, -0.1) is 5.10 Å². The number of aryl methyl sites for hydroxylation is 1. The van der Waals surface area contributed by atoms with Gasteiger partial charge in [0.2, 0.25) is 16.0 Å². The van der Waals surface area contributed by atoms with Crippen LogP contribution in [-0.4, -0.2) is 40.0 Å². The lowest BCUT2D eigenvalue weighted by Crippen LogP contribution is -2.28. The Morgan fingerprint density at radius 1 is 1.57 bits per heavy atom. The Morgan fingerprint density at radius 2 is 2.29 bits per heavy atom. The number of aromatic nitrogens is 3. The number of carboxylic acids is 1. The van der Waals surface area contributed by atoms with Gasteiger partial charge in [0.25, 0.3) is 5.82 Å². The highest BCUT2D eigenvalue weighted by atomic mass is 32.2. The highest BCUT2D eigenvalue weighted by Gasteiger charge is 2.24. The average molecular weight is 218 g/mol. The second-order valence-electron chi connectivity index (χ2n) is 2.71. The van der Waals surface area contributed by atoms with Gasteiger partial charge in [0.15, 0.2) is 0 Å². The van der Waals surface area contributed by atoms with Crippen LogP contribution >= 0.6 is 0 Å². The number of hydrogen-bond donors (Lipinski definition) is 2. The number of nitrogens with zero attached hydrogens (tertiary/aromatic N) is 3. The molecule has 76 valence electrons. The second kappa shape index (κ2) is 2.67. The van der Waals surface area contributed by atoms with Crippen LogP contribution in [0.15, 0.2) is 0 Å². The SMILES string of the molecule is O=C(O)c1nc2n(n1)CCS(=O)(=O)N2. The fourth-order valence-corrected chi connectivity index (χ4v) is 2.01. The zero-order valence-electron chi connectivity index (χ0n) is 6.84. The first kappa shape index (κ1) is 8.94. The molecule has 0 spiro atoms. The molecule has 0 saturated heterocycles. The smallest absolute Gasteiger partial charge is 0.375 e. The van der Waals surface area contributed by atoms with E-state index >= 15 is 0 Å². The minimum absolute atomic E-state index is 0.0475. The van der Waals surface area contributed by atoms with Crippen molar-refractivity contribution in [1.82, 2.24) is 14.8 Å². The van der Waals surface area contributed by atoms with Gasteiger partial charge in [-0.25, -0.2) is 17.9 Å². The molecule has 0 amide bonds. The van der Waals surface area contributed by atoms with Crippen molar-refractivity contribution in [1.29, 1.82) is 0 Å². The normalized spacial score (nSPS) is 18.3. The number of fused-ring (bicyclic) bond motifs is 1. The number of anilines is 1. The summed E-state index contributed by atoms with van der Waals surface area (Å²) in [6.07, 6.45) is 0. The monoisotopic (exact) mass is 218 g/mol. The highest BCUT2D eigenvalue weighted by molar-refractivity contribution is 7.92. The molecule has 0 aliphatic carbocycles. The van der Waals surface area contributed by atoms with E-state index in [-0.39, 0.29) is 18.2 Å². The van der Waals surface area contributed by atoms with Gasteiger partial charge < -0.3 is 5.11 Å². The molecule has 0 radical (unpaired) electrons. The standard InChI is InChI=1S/C5H6N4O4S/c10-4(11)3-6-5-8-14(12,13)2-1-9(5)7-3/h1-2H2,(H,10,11)(H,6,7,8). The molecule has 2 heterocycles. The molecular formula is C5H6N4O4S. The van der Waals surface area contributed by atoms with Crippen LogP contribution in [0.25, 0.3) is 0 Å². The van der Waals surface area contributed by atoms with Gasteiger partial charge in [0, 0.05) is 0 Å². The Labute approximate surface area is 78.6 Å². The van der Waals surface area contributed by atoms with E-state index in [4.69, 9.17) is 5.11 Å². The zero-order chi connectivity index (χ0) is 10.3. The molecule has 0 saturated carbocycles. The molecule has 0 atom stereocenters. The molecule has 0 bridgehead atoms. The molecule has 0 fully saturated rings. The van der Waals surface area contributed by atoms with Gasteiger partial charge >= 0.3 is 5.97 Å². The van der Waals surface area contributed by atoms with Crippen molar-refractivity contribution in [2.75, 3.05) is 10.5 Å². The summed E-state index contributed by atoms with van der Waals surface area (Å²) in [5, 5.41) is 12.1. The van der Waals surface area contributed by atoms with Crippen LogP contribution in [0, 0.1) is 0 Å². The summed E-state index contributed by atoms with van der Waals surface area (Å²) < 4.78 is 25.4. The topological polar surface area (TPSA) is 114 Å². The van der Waals surface area contributed by atoms with Gasteiger partial charge in [-0.3, -0.25) is 4.72 Å². The minimum Gasteiger partial charge on any atom is -0.475 e. The summed E-state index contributed by atoms with van der Waals surface area (Å²) in [5.74, 6) is -1.87. The first-order valence-electron chi connectivity index (χ1n) is 3.66. The third-order valence-corrected chi connectivity index (χ3v) is 2.90. The van der Waals surface area contributed by atoms with Crippen molar-refractivity contribution in [3.05, 3.63) is 5.82 Å². The Hall–Kier alpha value is -1.64. The predicted octanol–water partition coefficient (Wildman–Crippen LogP) is -1.27. The van der Waals surface area contributed by atoms with E-state index in [0.717, 1.165) is 0 Å². The van der Waals surface area contributed by atoms with E-state index < -0.39 is 21.8 Å². The molecule has 2 rings (SSSR count). The van der Waals surface area contributed by atoms with E-state index in [0.29, 0.717) is 0 Å². The molecule has 9 heteroatoms. The van der Waals surface area contributed by atoms with Crippen molar-refractivity contribution >= 4 is 21.9 Å². The lowest BCUT2D eigenvalue weighted by molar-refractivity contribution is 0.0683. The van der Waals surface area contributed by atoms with E-state index in [9.17, 15) is 13.2 Å². The fraction of sp³-hybridized carbons (Fsp3) is 0.400. The summed E-state index contributed by atoms with van der Waals surface area (Å²) in [5.41, 5.74) is 0. The van der Waals surface area contributed by atoms with Crippen molar-refractivity contribution in [2.45, 2.75) is 6.54 Å². The number of rotatable bonds is 1. The molecule has 0 aromatic carbocycles.